The quantitative estimate of drug-likeness (QED) is 0.697. The van der Waals surface area contributed by atoms with Crippen LogP contribution in [0.3, 0.4) is 0 Å². The van der Waals surface area contributed by atoms with Gasteiger partial charge in [-0.1, -0.05) is 19.1 Å². The fraction of sp³-hybridized carbons (Fsp3) is 0.211. The first-order valence-corrected chi connectivity index (χ1v) is 8.41. The SMILES string of the molecule is CCN(CC(=O)Nc1cc(F)ccc1F)Cc1nc2ccccc2c(=O)[nH]1. The van der Waals surface area contributed by atoms with E-state index in [1.807, 2.05) is 6.92 Å². The lowest BCUT2D eigenvalue weighted by atomic mass is 10.2. The number of hydrogen-bond acceptors (Lipinski definition) is 4. The highest BCUT2D eigenvalue weighted by Gasteiger charge is 2.14. The Bertz CT molecular complexity index is 1040. The van der Waals surface area contributed by atoms with Gasteiger partial charge in [0, 0.05) is 6.07 Å². The van der Waals surface area contributed by atoms with Crippen molar-refractivity contribution in [1.82, 2.24) is 14.9 Å². The smallest absolute Gasteiger partial charge is 0.258 e. The predicted molar refractivity (Wildman–Crippen MR) is 98.3 cm³/mol. The number of carbonyl (C=O) groups excluding carboxylic acids is 1. The lowest BCUT2D eigenvalue weighted by Gasteiger charge is -2.19. The van der Waals surface area contributed by atoms with Crippen molar-refractivity contribution in [3.05, 3.63) is 70.3 Å². The summed E-state index contributed by atoms with van der Waals surface area (Å²) in [4.78, 5) is 33.1. The Labute approximate surface area is 153 Å². The normalized spacial score (nSPS) is 11.1. The molecule has 0 bridgehead atoms. The topological polar surface area (TPSA) is 78.1 Å². The van der Waals surface area contributed by atoms with Gasteiger partial charge in [-0.3, -0.25) is 14.5 Å². The summed E-state index contributed by atoms with van der Waals surface area (Å²) in [5, 5.41) is 2.84. The van der Waals surface area contributed by atoms with E-state index in [1.165, 1.54) is 0 Å². The minimum absolute atomic E-state index is 0.0665. The van der Waals surface area contributed by atoms with Gasteiger partial charge in [0.05, 0.1) is 29.7 Å². The van der Waals surface area contributed by atoms with Crippen LogP contribution >= 0.6 is 0 Å². The van der Waals surface area contributed by atoms with Crippen LogP contribution in [0.5, 0.6) is 0 Å². The lowest BCUT2D eigenvalue weighted by molar-refractivity contribution is -0.117. The minimum atomic E-state index is -0.715. The van der Waals surface area contributed by atoms with Gasteiger partial charge in [-0.05, 0) is 30.8 Å². The average Bonchev–Trinajstić information content (AvgIpc) is 2.64. The summed E-state index contributed by atoms with van der Waals surface area (Å²) in [6.45, 7) is 2.50. The van der Waals surface area contributed by atoms with Crippen molar-refractivity contribution < 1.29 is 13.6 Å². The van der Waals surface area contributed by atoms with Crippen molar-refractivity contribution in [2.75, 3.05) is 18.4 Å². The van der Waals surface area contributed by atoms with Crippen LogP contribution in [0, 0.1) is 11.6 Å². The summed E-state index contributed by atoms with van der Waals surface area (Å²) in [6.07, 6.45) is 0. The second-order valence-corrected chi connectivity index (χ2v) is 6.01. The van der Waals surface area contributed by atoms with Gasteiger partial charge < -0.3 is 10.3 Å². The summed E-state index contributed by atoms with van der Waals surface area (Å²) < 4.78 is 26.9. The van der Waals surface area contributed by atoms with Crippen molar-refractivity contribution >= 4 is 22.5 Å². The van der Waals surface area contributed by atoms with Gasteiger partial charge in [0.15, 0.2) is 0 Å². The molecule has 3 aromatic rings. The van der Waals surface area contributed by atoms with E-state index in [-0.39, 0.29) is 24.3 Å². The van der Waals surface area contributed by atoms with E-state index in [2.05, 4.69) is 15.3 Å². The first-order chi connectivity index (χ1) is 13.0. The van der Waals surface area contributed by atoms with Crippen LogP contribution in [0.4, 0.5) is 14.5 Å². The Morgan fingerprint density at radius 3 is 2.78 bits per heavy atom. The maximum absolute atomic E-state index is 13.6. The fourth-order valence-electron chi connectivity index (χ4n) is 2.69. The average molecular weight is 372 g/mol. The summed E-state index contributed by atoms with van der Waals surface area (Å²) in [5.41, 5.74) is 0.102. The zero-order chi connectivity index (χ0) is 19.4. The summed E-state index contributed by atoms with van der Waals surface area (Å²) in [7, 11) is 0. The third-order valence-corrected chi connectivity index (χ3v) is 4.05. The van der Waals surface area contributed by atoms with Gasteiger partial charge >= 0.3 is 0 Å². The van der Waals surface area contributed by atoms with E-state index in [0.717, 1.165) is 18.2 Å². The molecule has 0 aliphatic carbocycles. The Morgan fingerprint density at radius 1 is 1.22 bits per heavy atom. The predicted octanol–water partition coefficient (Wildman–Crippen LogP) is 2.66. The maximum atomic E-state index is 13.6. The molecule has 0 saturated heterocycles. The number of para-hydroxylation sites is 1. The van der Waals surface area contributed by atoms with Crippen molar-refractivity contribution in [3.63, 3.8) is 0 Å². The number of hydrogen-bond donors (Lipinski definition) is 2. The van der Waals surface area contributed by atoms with Crippen LogP contribution in [-0.4, -0.2) is 33.9 Å². The van der Waals surface area contributed by atoms with E-state index in [4.69, 9.17) is 0 Å². The number of carbonyl (C=O) groups is 1. The Kier molecular flexibility index (Phi) is 5.56. The van der Waals surface area contributed by atoms with E-state index in [0.29, 0.717) is 23.3 Å². The molecule has 0 aliphatic rings. The molecule has 1 aromatic heterocycles. The molecule has 1 amide bonds. The number of benzene rings is 2. The highest BCUT2D eigenvalue weighted by atomic mass is 19.1. The fourth-order valence-corrected chi connectivity index (χ4v) is 2.69. The highest BCUT2D eigenvalue weighted by Crippen LogP contribution is 2.15. The number of nitrogens with zero attached hydrogens (tertiary/aromatic N) is 2. The number of halogens is 2. The van der Waals surface area contributed by atoms with Gasteiger partial charge in [0.25, 0.3) is 5.56 Å². The molecule has 2 aromatic carbocycles. The van der Waals surface area contributed by atoms with Gasteiger partial charge in [-0.25, -0.2) is 13.8 Å². The number of rotatable bonds is 6. The molecular formula is C19H18F2N4O2. The molecule has 27 heavy (non-hydrogen) atoms. The third kappa shape index (κ3) is 4.53. The third-order valence-electron chi connectivity index (χ3n) is 4.05. The van der Waals surface area contributed by atoms with Crippen molar-refractivity contribution in [3.8, 4) is 0 Å². The largest absolute Gasteiger partial charge is 0.322 e. The van der Waals surface area contributed by atoms with E-state index in [9.17, 15) is 18.4 Å². The number of H-pyrrole nitrogens is 1. The Balaban J connectivity index is 1.71. The number of amides is 1. The van der Waals surface area contributed by atoms with Crippen LogP contribution in [0.25, 0.3) is 10.9 Å². The zero-order valence-corrected chi connectivity index (χ0v) is 14.6. The van der Waals surface area contributed by atoms with Crippen LogP contribution in [0.15, 0.2) is 47.3 Å². The molecular weight excluding hydrogens is 354 g/mol. The molecule has 0 fully saturated rings. The molecule has 0 unspecified atom stereocenters. The van der Waals surface area contributed by atoms with E-state index in [1.54, 1.807) is 29.2 Å². The number of anilines is 1. The first-order valence-electron chi connectivity index (χ1n) is 8.41. The van der Waals surface area contributed by atoms with Crippen LogP contribution in [-0.2, 0) is 11.3 Å². The molecule has 8 heteroatoms. The molecule has 6 nitrogen and oxygen atoms in total. The van der Waals surface area contributed by atoms with Crippen LogP contribution < -0.4 is 10.9 Å². The number of aromatic nitrogens is 2. The van der Waals surface area contributed by atoms with Gasteiger partial charge in [-0.2, -0.15) is 0 Å². The Hall–Kier alpha value is -3.13. The van der Waals surface area contributed by atoms with Crippen molar-refractivity contribution in [1.29, 1.82) is 0 Å². The monoisotopic (exact) mass is 372 g/mol. The van der Waals surface area contributed by atoms with Crippen LogP contribution in [0.2, 0.25) is 0 Å². The molecule has 0 atom stereocenters. The number of fused-ring (bicyclic) bond motifs is 1. The highest BCUT2D eigenvalue weighted by molar-refractivity contribution is 5.92. The summed E-state index contributed by atoms with van der Waals surface area (Å²) in [5.74, 6) is -1.43. The molecule has 0 aliphatic heterocycles. The summed E-state index contributed by atoms with van der Waals surface area (Å²) in [6, 6.07) is 9.82. The number of likely N-dealkylation sites (N-methyl/N-ethyl adjacent to an activating group) is 1. The van der Waals surface area contributed by atoms with Crippen LogP contribution in [0.1, 0.15) is 12.7 Å². The minimum Gasteiger partial charge on any atom is -0.322 e. The number of aromatic amines is 1. The molecule has 1 heterocycles. The molecule has 2 N–H and O–H groups in total. The van der Waals surface area contributed by atoms with E-state index < -0.39 is 17.5 Å². The second-order valence-electron chi connectivity index (χ2n) is 6.01. The molecule has 140 valence electrons. The standard InChI is InChI=1S/C19H18F2N4O2/c1-2-25(11-18(26)23-16-9-12(20)7-8-14(16)21)10-17-22-15-6-4-3-5-13(15)19(27)24-17/h3-9H,2,10-11H2,1H3,(H,23,26)(H,22,24,27). The lowest BCUT2D eigenvalue weighted by Crippen LogP contribution is -2.34. The zero-order valence-electron chi connectivity index (χ0n) is 14.6. The maximum Gasteiger partial charge on any atom is 0.258 e. The van der Waals surface area contributed by atoms with Gasteiger partial charge in [-0.15, -0.1) is 0 Å². The molecule has 0 saturated carbocycles. The first kappa shape index (κ1) is 18.7. The van der Waals surface area contributed by atoms with Crippen molar-refractivity contribution in [2.45, 2.75) is 13.5 Å². The van der Waals surface area contributed by atoms with E-state index >= 15 is 0 Å². The second kappa shape index (κ2) is 8.05. The summed E-state index contributed by atoms with van der Waals surface area (Å²) >= 11 is 0. The molecule has 3 rings (SSSR count). The Morgan fingerprint density at radius 2 is 2.00 bits per heavy atom. The number of nitrogens with one attached hydrogen (secondary N) is 2. The van der Waals surface area contributed by atoms with Gasteiger partial charge in [0.1, 0.15) is 17.5 Å². The van der Waals surface area contributed by atoms with Gasteiger partial charge in [0.2, 0.25) is 5.91 Å². The van der Waals surface area contributed by atoms with Crippen molar-refractivity contribution in [2.24, 2.45) is 0 Å². The molecule has 0 spiro atoms. The molecule has 0 radical (unpaired) electrons.